The quantitative estimate of drug-likeness (QED) is 0.651. The second-order valence-electron chi connectivity index (χ2n) is 7.51. The molecule has 4 rings (SSSR count). The average Bonchev–Trinajstić information content (AvgIpc) is 3.55. The summed E-state index contributed by atoms with van der Waals surface area (Å²) in [4.78, 5) is 15.9. The van der Waals surface area contributed by atoms with Crippen LogP contribution in [0.3, 0.4) is 0 Å². The number of carboxylic acid groups (broad SMARTS) is 1. The monoisotopic (exact) mass is 422 g/mol. The largest absolute Gasteiger partial charge is 0.478 e. The Kier molecular flexibility index (Phi) is 5.80. The molecule has 160 valence electrons. The number of carbonyl (C=O) groups is 1. The van der Waals surface area contributed by atoms with E-state index in [1.165, 1.54) is 12.1 Å². The predicted octanol–water partition coefficient (Wildman–Crippen LogP) is 5.04. The number of nitrogens with zero attached hydrogens (tertiary/aromatic N) is 1. The molecule has 0 unspecified atom stereocenters. The summed E-state index contributed by atoms with van der Waals surface area (Å²) >= 11 is 0. The van der Waals surface area contributed by atoms with Crippen LogP contribution in [-0.4, -0.2) is 35.9 Å². The van der Waals surface area contributed by atoms with Crippen molar-refractivity contribution in [2.24, 2.45) is 0 Å². The van der Waals surface area contributed by atoms with Crippen molar-refractivity contribution in [1.29, 1.82) is 0 Å². The molecule has 2 fully saturated rings. The van der Waals surface area contributed by atoms with Crippen LogP contribution in [0, 0.1) is 5.82 Å². The maximum absolute atomic E-state index is 14.4. The molecule has 1 aromatic heterocycles. The van der Waals surface area contributed by atoms with Crippen LogP contribution >= 0.6 is 0 Å². The van der Waals surface area contributed by atoms with Crippen molar-refractivity contribution in [2.45, 2.75) is 44.1 Å². The summed E-state index contributed by atoms with van der Waals surface area (Å²) in [7, 11) is 0. The van der Waals surface area contributed by atoms with Gasteiger partial charge in [-0.25, -0.2) is 14.2 Å². The molecule has 0 atom stereocenters. The molecule has 0 spiro atoms. The summed E-state index contributed by atoms with van der Waals surface area (Å²) in [5.74, 6) is -2.06. The fraction of sp³-hybridized carbons (Fsp3) is 0.429. The van der Waals surface area contributed by atoms with Gasteiger partial charge in [0.2, 0.25) is 0 Å². The average molecular weight is 422 g/mol. The number of nitrogens with one attached hydrogen (secondary N) is 1. The van der Waals surface area contributed by atoms with Gasteiger partial charge in [-0.2, -0.15) is 8.78 Å². The summed E-state index contributed by atoms with van der Waals surface area (Å²) in [5, 5.41) is 12.3. The Morgan fingerprint density at radius 2 is 1.90 bits per heavy atom. The second-order valence-corrected chi connectivity index (χ2v) is 7.51. The van der Waals surface area contributed by atoms with Crippen LogP contribution in [0.15, 0.2) is 24.4 Å². The maximum Gasteiger partial charge on any atom is 0.387 e. The molecule has 9 heteroatoms. The minimum Gasteiger partial charge on any atom is -0.478 e. The molecule has 2 aliphatic rings. The van der Waals surface area contributed by atoms with Gasteiger partial charge in [-0.05, 0) is 55.2 Å². The number of benzene rings is 1. The Bertz CT molecular complexity index is 944. The van der Waals surface area contributed by atoms with Crippen LogP contribution in [-0.2, 0) is 4.74 Å². The van der Waals surface area contributed by atoms with Gasteiger partial charge < -0.3 is 19.9 Å². The van der Waals surface area contributed by atoms with E-state index < -0.39 is 18.4 Å². The Balaban J connectivity index is 1.74. The lowest BCUT2D eigenvalue weighted by atomic mass is 9.90. The number of aromatic nitrogens is 1. The van der Waals surface area contributed by atoms with Crippen molar-refractivity contribution >= 4 is 17.5 Å². The summed E-state index contributed by atoms with van der Waals surface area (Å²) < 4.78 is 50.8. The second kappa shape index (κ2) is 8.51. The first-order valence-electron chi connectivity index (χ1n) is 9.78. The zero-order valence-electron chi connectivity index (χ0n) is 16.0. The highest BCUT2D eigenvalue weighted by Gasteiger charge is 2.28. The number of pyridine rings is 1. The molecule has 0 amide bonds. The molecular weight excluding hydrogens is 401 g/mol. The molecule has 1 aliphatic heterocycles. The summed E-state index contributed by atoms with van der Waals surface area (Å²) in [6.07, 6.45) is 4.57. The van der Waals surface area contributed by atoms with Crippen LogP contribution in [0.25, 0.3) is 0 Å². The Labute approximate surface area is 171 Å². The lowest BCUT2D eigenvalue weighted by Gasteiger charge is -2.26. The van der Waals surface area contributed by atoms with Crippen LogP contribution in [0.4, 0.5) is 24.7 Å². The number of alkyl halides is 2. The van der Waals surface area contributed by atoms with Gasteiger partial charge in [0.25, 0.3) is 0 Å². The van der Waals surface area contributed by atoms with Gasteiger partial charge in [0.1, 0.15) is 17.2 Å². The highest BCUT2D eigenvalue weighted by Crippen LogP contribution is 2.43. The highest BCUT2D eigenvalue weighted by atomic mass is 19.3. The van der Waals surface area contributed by atoms with Gasteiger partial charge >= 0.3 is 12.6 Å². The Morgan fingerprint density at radius 1 is 1.17 bits per heavy atom. The van der Waals surface area contributed by atoms with Gasteiger partial charge in [-0.3, -0.25) is 0 Å². The molecule has 30 heavy (non-hydrogen) atoms. The van der Waals surface area contributed by atoms with E-state index in [0.717, 1.165) is 24.5 Å². The molecule has 0 bridgehead atoms. The minimum atomic E-state index is -3.13. The highest BCUT2D eigenvalue weighted by molar-refractivity contribution is 5.94. The minimum absolute atomic E-state index is 0.0606. The number of hydrogen-bond acceptors (Lipinski definition) is 5. The molecule has 6 nitrogen and oxygen atoms in total. The van der Waals surface area contributed by atoms with Crippen molar-refractivity contribution in [3.8, 4) is 5.75 Å². The first-order chi connectivity index (χ1) is 14.4. The third kappa shape index (κ3) is 4.51. The third-order valence-electron chi connectivity index (χ3n) is 5.39. The zero-order valence-corrected chi connectivity index (χ0v) is 16.0. The summed E-state index contributed by atoms with van der Waals surface area (Å²) in [6, 6.07) is 3.70. The third-order valence-corrected chi connectivity index (χ3v) is 5.39. The number of ether oxygens (including phenoxy) is 2. The van der Waals surface area contributed by atoms with Gasteiger partial charge in [0.15, 0.2) is 5.75 Å². The van der Waals surface area contributed by atoms with E-state index in [1.807, 2.05) is 0 Å². The fourth-order valence-corrected chi connectivity index (χ4v) is 3.75. The van der Waals surface area contributed by atoms with Crippen molar-refractivity contribution in [2.75, 3.05) is 18.5 Å². The number of hydrogen-bond donors (Lipinski definition) is 2. The van der Waals surface area contributed by atoms with E-state index in [1.54, 1.807) is 6.20 Å². The van der Waals surface area contributed by atoms with Crippen LogP contribution in [0.5, 0.6) is 5.75 Å². The summed E-state index contributed by atoms with van der Waals surface area (Å²) in [5.41, 5.74) is 0.905. The molecule has 2 N–H and O–H groups in total. The van der Waals surface area contributed by atoms with Gasteiger partial charge in [-0.15, -0.1) is 0 Å². The zero-order chi connectivity index (χ0) is 21.3. The first kappa shape index (κ1) is 20.5. The Morgan fingerprint density at radius 3 is 2.53 bits per heavy atom. The van der Waals surface area contributed by atoms with E-state index in [9.17, 15) is 23.1 Å². The predicted molar refractivity (Wildman–Crippen MR) is 102 cm³/mol. The Hall–Kier alpha value is -2.81. The standard InChI is InChI=1S/C21H21F3N2O4/c22-14-8-15(12-3-5-29-6-4-12)18(30-21(23)24)17(9-14)26-19-16(20(27)28)7-13(10-25-19)11-1-2-11/h7-12,21H,1-6H2,(H,25,26)(H,27,28). The van der Waals surface area contributed by atoms with Gasteiger partial charge in [-0.1, -0.05) is 0 Å². The van der Waals surface area contributed by atoms with Crippen molar-refractivity contribution < 1.29 is 32.5 Å². The van der Waals surface area contributed by atoms with Crippen molar-refractivity contribution in [3.05, 3.63) is 46.9 Å². The normalized spacial score (nSPS) is 17.2. The van der Waals surface area contributed by atoms with E-state index in [-0.39, 0.29) is 34.7 Å². The molecule has 1 aromatic carbocycles. The lowest BCUT2D eigenvalue weighted by Crippen LogP contribution is -2.17. The number of aromatic carboxylic acids is 1. The molecule has 1 saturated carbocycles. The molecule has 0 radical (unpaired) electrons. The van der Waals surface area contributed by atoms with E-state index in [2.05, 4.69) is 10.3 Å². The maximum atomic E-state index is 14.4. The first-order valence-corrected chi connectivity index (χ1v) is 9.78. The SMILES string of the molecule is O=C(O)c1cc(C2CC2)cnc1Nc1cc(F)cc(C2CCOCC2)c1OC(F)F. The van der Waals surface area contributed by atoms with E-state index in [4.69, 9.17) is 9.47 Å². The van der Waals surface area contributed by atoms with E-state index >= 15 is 0 Å². The number of carboxylic acids is 1. The topological polar surface area (TPSA) is 80.7 Å². The number of halogens is 3. The van der Waals surface area contributed by atoms with Crippen LogP contribution in [0.2, 0.25) is 0 Å². The molecule has 1 aliphatic carbocycles. The molecule has 2 aromatic rings. The van der Waals surface area contributed by atoms with Gasteiger partial charge in [0, 0.05) is 31.0 Å². The number of anilines is 2. The lowest BCUT2D eigenvalue weighted by molar-refractivity contribution is -0.0505. The van der Waals surface area contributed by atoms with Crippen molar-refractivity contribution in [3.63, 3.8) is 0 Å². The molecular formula is C21H21F3N2O4. The smallest absolute Gasteiger partial charge is 0.387 e. The number of rotatable bonds is 7. The molecule has 2 heterocycles. The van der Waals surface area contributed by atoms with Crippen LogP contribution in [0.1, 0.15) is 59.0 Å². The summed E-state index contributed by atoms with van der Waals surface area (Å²) in [6.45, 7) is -2.25. The van der Waals surface area contributed by atoms with Crippen LogP contribution < -0.4 is 10.1 Å². The molecule has 1 saturated heterocycles. The van der Waals surface area contributed by atoms with Crippen molar-refractivity contribution in [1.82, 2.24) is 4.98 Å². The van der Waals surface area contributed by atoms with E-state index in [0.29, 0.717) is 31.6 Å². The van der Waals surface area contributed by atoms with Gasteiger partial charge in [0.05, 0.1) is 5.69 Å². The fourth-order valence-electron chi connectivity index (χ4n) is 3.75.